The molecule has 0 aromatic heterocycles. The zero-order chi connectivity index (χ0) is 21.0. The second kappa shape index (κ2) is 9.02. The van der Waals surface area contributed by atoms with E-state index in [1.807, 2.05) is 36.9 Å². The summed E-state index contributed by atoms with van der Waals surface area (Å²) < 4.78 is 40.1. The summed E-state index contributed by atoms with van der Waals surface area (Å²) in [6, 6.07) is 11.0. The summed E-state index contributed by atoms with van der Waals surface area (Å²) in [5.74, 6) is -0.695. The normalized spacial score (nSPS) is 16.0. The van der Waals surface area contributed by atoms with Gasteiger partial charge in [0.2, 0.25) is 15.9 Å². The second-order valence-electron chi connectivity index (χ2n) is 7.15. The van der Waals surface area contributed by atoms with Crippen LogP contribution in [-0.4, -0.2) is 56.3 Å². The van der Waals surface area contributed by atoms with Gasteiger partial charge < -0.3 is 5.32 Å². The number of benzene rings is 2. The molecule has 1 amide bonds. The molecule has 0 spiro atoms. The van der Waals surface area contributed by atoms with Crippen molar-refractivity contribution in [1.29, 1.82) is 0 Å². The number of amides is 1. The van der Waals surface area contributed by atoms with Gasteiger partial charge in [-0.1, -0.05) is 31.2 Å². The third-order valence-electron chi connectivity index (χ3n) is 5.14. The van der Waals surface area contributed by atoms with Crippen molar-refractivity contribution in [3.05, 3.63) is 59.4 Å². The van der Waals surface area contributed by atoms with E-state index in [1.54, 1.807) is 0 Å². The Bertz CT molecular complexity index is 986. The largest absolute Gasteiger partial charge is 0.324 e. The van der Waals surface area contributed by atoms with Gasteiger partial charge in [-0.3, -0.25) is 9.69 Å². The van der Waals surface area contributed by atoms with E-state index in [1.165, 1.54) is 22.5 Å². The Balaban J connectivity index is 1.58. The number of anilines is 1. The van der Waals surface area contributed by atoms with Crippen LogP contribution in [0.4, 0.5) is 10.1 Å². The first-order valence-corrected chi connectivity index (χ1v) is 11.1. The number of carbonyl (C=O) groups is 1. The second-order valence-corrected chi connectivity index (χ2v) is 9.09. The molecule has 3 rings (SSSR count). The number of nitrogens with one attached hydrogen (secondary N) is 1. The van der Waals surface area contributed by atoms with Crippen LogP contribution < -0.4 is 5.32 Å². The maximum Gasteiger partial charge on any atom is 0.243 e. The maximum absolute atomic E-state index is 13.4. The third-order valence-corrected chi connectivity index (χ3v) is 7.03. The summed E-state index contributed by atoms with van der Waals surface area (Å²) in [5, 5.41) is 3.00. The highest BCUT2D eigenvalue weighted by molar-refractivity contribution is 7.89. The molecule has 8 heteroatoms. The third kappa shape index (κ3) is 5.01. The average molecular weight is 420 g/mol. The lowest BCUT2D eigenvalue weighted by Crippen LogP contribution is -2.50. The highest BCUT2D eigenvalue weighted by Crippen LogP contribution is 2.21. The molecule has 156 valence electrons. The van der Waals surface area contributed by atoms with Gasteiger partial charge >= 0.3 is 0 Å². The van der Waals surface area contributed by atoms with E-state index in [4.69, 9.17) is 0 Å². The molecule has 29 heavy (non-hydrogen) atoms. The Morgan fingerprint density at radius 2 is 1.79 bits per heavy atom. The molecule has 1 aliphatic heterocycles. The summed E-state index contributed by atoms with van der Waals surface area (Å²) in [6.07, 6.45) is 0.827. The number of sulfonamides is 1. The van der Waals surface area contributed by atoms with Crippen molar-refractivity contribution in [3.63, 3.8) is 0 Å². The minimum atomic E-state index is -3.73. The highest BCUT2D eigenvalue weighted by Gasteiger charge is 2.29. The molecule has 2 aromatic carbocycles. The molecular weight excluding hydrogens is 393 g/mol. The monoisotopic (exact) mass is 419 g/mol. The predicted molar refractivity (Wildman–Crippen MR) is 111 cm³/mol. The molecule has 0 bridgehead atoms. The topological polar surface area (TPSA) is 69.7 Å². The van der Waals surface area contributed by atoms with Gasteiger partial charge in [0.15, 0.2) is 0 Å². The number of aryl methyl sites for hydroxylation is 2. The molecule has 0 saturated carbocycles. The van der Waals surface area contributed by atoms with Gasteiger partial charge in [0.25, 0.3) is 0 Å². The molecule has 1 N–H and O–H groups in total. The summed E-state index contributed by atoms with van der Waals surface area (Å²) in [7, 11) is -3.73. The fraction of sp³-hybridized carbons (Fsp3) is 0.381. The molecule has 6 nitrogen and oxygen atoms in total. The van der Waals surface area contributed by atoms with Gasteiger partial charge in [0.1, 0.15) is 5.82 Å². The zero-order valence-electron chi connectivity index (χ0n) is 16.7. The number of hydrogen-bond acceptors (Lipinski definition) is 4. The van der Waals surface area contributed by atoms with Crippen molar-refractivity contribution in [2.24, 2.45) is 0 Å². The van der Waals surface area contributed by atoms with Crippen LogP contribution in [0, 0.1) is 12.7 Å². The minimum absolute atomic E-state index is 0.0460. The number of piperazine rings is 1. The van der Waals surface area contributed by atoms with E-state index in [0.29, 0.717) is 13.1 Å². The molecule has 0 atom stereocenters. The van der Waals surface area contributed by atoms with Gasteiger partial charge in [-0.2, -0.15) is 4.31 Å². The van der Waals surface area contributed by atoms with Crippen LogP contribution in [0.5, 0.6) is 0 Å². The van der Waals surface area contributed by atoms with Crippen molar-refractivity contribution < 1.29 is 17.6 Å². The molecule has 1 saturated heterocycles. The summed E-state index contributed by atoms with van der Waals surface area (Å²) >= 11 is 0. The van der Waals surface area contributed by atoms with Gasteiger partial charge in [-0.15, -0.1) is 0 Å². The van der Waals surface area contributed by atoms with Gasteiger partial charge in [-0.05, 0) is 42.7 Å². The quantitative estimate of drug-likeness (QED) is 0.782. The number of nitrogens with zero attached hydrogens (tertiary/aromatic N) is 2. The molecule has 0 unspecified atom stereocenters. The van der Waals surface area contributed by atoms with Crippen LogP contribution in [0.1, 0.15) is 18.1 Å². The van der Waals surface area contributed by atoms with Crippen molar-refractivity contribution in [3.8, 4) is 0 Å². The van der Waals surface area contributed by atoms with Crippen LogP contribution in [-0.2, 0) is 21.2 Å². The summed E-state index contributed by atoms with van der Waals surface area (Å²) in [6.45, 7) is 5.61. The van der Waals surface area contributed by atoms with E-state index in [0.717, 1.165) is 29.3 Å². The van der Waals surface area contributed by atoms with E-state index in [-0.39, 0.29) is 30.4 Å². The van der Waals surface area contributed by atoms with Crippen LogP contribution in [0.25, 0.3) is 0 Å². The number of carbonyl (C=O) groups excluding carboxylic acids is 1. The Labute approximate surface area is 171 Å². The lowest BCUT2D eigenvalue weighted by Gasteiger charge is -2.33. The predicted octanol–water partition coefficient (Wildman–Crippen LogP) is 2.64. The maximum atomic E-state index is 13.4. The summed E-state index contributed by atoms with van der Waals surface area (Å²) in [5.41, 5.74) is 2.96. The number of hydrogen-bond donors (Lipinski definition) is 1. The molecule has 1 aliphatic rings. The SMILES string of the molecule is CCc1cccc(C)c1NC(=O)CN1CCN(S(=O)(=O)c2cccc(F)c2)CC1. The fourth-order valence-corrected chi connectivity index (χ4v) is 4.94. The smallest absolute Gasteiger partial charge is 0.243 e. The zero-order valence-corrected chi connectivity index (χ0v) is 17.5. The van der Waals surface area contributed by atoms with Crippen molar-refractivity contribution in [1.82, 2.24) is 9.21 Å². The first kappa shape index (κ1) is 21.4. The van der Waals surface area contributed by atoms with Gasteiger partial charge in [0.05, 0.1) is 11.4 Å². The number of para-hydroxylation sites is 1. The van der Waals surface area contributed by atoms with E-state index in [2.05, 4.69) is 5.32 Å². The van der Waals surface area contributed by atoms with Crippen LogP contribution in [0.2, 0.25) is 0 Å². The van der Waals surface area contributed by atoms with E-state index < -0.39 is 15.8 Å². The average Bonchev–Trinajstić information content (AvgIpc) is 2.70. The molecule has 1 fully saturated rings. The van der Waals surface area contributed by atoms with Crippen LogP contribution in [0.3, 0.4) is 0 Å². The number of halogens is 1. The summed E-state index contributed by atoms with van der Waals surface area (Å²) in [4.78, 5) is 14.4. The lowest BCUT2D eigenvalue weighted by atomic mass is 10.1. The molecule has 0 aliphatic carbocycles. The van der Waals surface area contributed by atoms with Crippen molar-refractivity contribution >= 4 is 21.6 Å². The Hall–Kier alpha value is -2.29. The van der Waals surface area contributed by atoms with Gasteiger partial charge in [-0.25, -0.2) is 12.8 Å². The number of rotatable bonds is 6. The highest BCUT2D eigenvalue weighted by atomic mass is 32.2. The minimum Gasteiger partial charge on any atom is -0.324 e. The van der Waals surface area contributed by atoms with Gasteiger partial charge in [0, 0.05) is 31.9 Å². The van der Waals surface area contributed by atoms with Crippen LogP contribution >= 0.6 is 0 Å². The Morgan fingerprint density at radius 3 is 2.45 bits per heavy atom. The first-order valence-electron chi connectivity index (χ1n) is 9.67. The molecule has 2 aromatic rings. The molecule has 1 heterocycles. The Morgan fingerprint density at radius 1 is 1.10 bits per heavy atom. The Kier molecular flexibility index (Phi) is 6.66. The van der Waals surface area contributed by atoms with Crippen molar-refractivity contribution in [2.45, 2.75) is 25.2 Å². The van der Waals surface area contributed by atoms with Crippen LogP contribution in [0.15, 0.2) is 47.4 Å². The van der Waals surface area contributed by atoms with E-state index in [9.17, 15) is 17.6 Å². The standard InChI is InChI=1S/C21H26FN3O3S/c1-3-17-7-4-6-16(2)21(17)23-20(26)15-24-10-12-25(13-11-24)29(27,28)19-9-5-8-18(22)14-19/h4-9,14H,3,10-13,15H2,1-2H3,(H,23,26). The first-order chi connectivity index (χ1) is 13.8. The van der Waals surface area contributed by atoms with Crippen molar-refractivity contribution in [2.75, 3.05) is 38.0 Å². The molecule has 0 radical (unpaired) electrons. The fourth-order valence-electron chi connectivity index (χ4n) is 3.49. The lowest BCUT2D eigenvalue weighted by molar-refractivity contribution is -0.117. The van der Waals surface area contributed by atoms with E-state index >= 15 is 0 Å². The molecular formula is C21H26FN3O3S.